The van der Waals surface area contributed by atoms with Gasteiger partial charge in [0.05, 0.1) is 13.5 Å². The third-order valence-corrected chi connectivity index (χ3v) is 2.23. The highest BCUT2D eigenvalue weighted by Gasteiger charge is 2.02. The molecule has 16 heavy (non-hydrogen) atoms. The summed E-state index contributed by atoms with van der Waals surface area (Å²) in [6.07, 6.45) is 0.407. The number of nitrogens with two attached hydrogens (primary N) is 2. The summed E-state index contributed by atoms with van der Waals surface area (Å²) in [5, 5.41) is 3.17. The summed E-state index contributed by atoms with van der Waals surface area (Å²) >= 11 is 0. The number of carbonyl (C=O) groups excluding carboxylic acids is 1. The zero-order valence-electron chi connectivity index (χ0n) is 10.1. The Kier molecular flexibility index (Phi) is 10.3. The fourth-order valence-electron chi connectivity index (χ4n) is 1.36. The van der Waals surface area contributed by atoms with Crippen molar-refractivity contribution in [2.24, 2.45) is 11.5 Å². The van der Waals surface area contributed by atoms with Gasteiger partial charge in [-0.3, -0.25) is 9.69 Å². The standard InChI is InChI=1S/C10H24N4O2/c1-16-10(15)2-5-13-6-9-14(7-3-11)8-4-12/h13H,2-9,11-12H2,1H3. The molecule has 0 aliphatic carbocycles. The highest BCUT2D eigenvalue weighted by atomic mass is 16.5. The first-order valence-corrected chi connectivity index (χ1v) is 5.64. The van der Waals surface area contributed by atoms with Crippen molar-refractivity contribution in [1.29, 1.82) is 0 Å². The van der Waals surface area contributed by atoms with Gasteiger partial charge in [0, 0.05) is 45.8 Å². The first-order chi connectivity index (χ1) is 7.74. The molecule has 6 nitrogen and oxygen atoms in total. The zero-order valence-corrected chi connectivity index (χ0v) is 10.1. The van der Waals surface area contributed by atoms with Gasteiger partial charge in [-0.15, -0.1) is 0 Å². The Morgan fingerprint density at radius 2 is 1.81 bits per heavy atom. The van der Waals surface area contributed by atoms with E-state index in [-0.39, 0.29) is 5.97 Å². The summed E-state index contributed by atoms with van der Waals surface area (Å²) in [6, 6.07) is 0. The number of hydrogen-bond acceptors (Lipinski definition) is 6. The Labute approximate surface area is 97.3 Å². The number of nitrogens with one attached hydrogen (secondary N) is 1. The molecule has 0 heterocycles. The van der Waals surface area contributed by atoms with Crippen molar-refractivity contribution >= 4 is 5.97 Å². The molecule has 0 aliphatic rings. The topological polar surface area (TPSA) is 93.6 Å². The molecule has 5 N–H and O–H groups in total. The summed E-state index contributed by atoms with van der Waals surface area (Å²) in [5.41, 5.74) is 11.0. The highest BCUT2D eigenvalue weighted by molar-refractivity contribution is 5.69. The van der Waals surface area contributed by atoms with Gasteiger partial charge in [0.1, 0.15) is 0 Å². The molecule has 0 rings (SSSR count). The van der Waals surface area contributed by atoms with Gasteiger partial charge in [-0.25, -0.2) is 0 Å². The SMILES string of the molecule is COC(=O)CCNCCN(CCN)CCN. The summed E-state index contributed by atoms with van der Waals surface area (Å²) in [4.78, 5) is 13.0. The molecule has 6 heteroatoms. The maximum absolute atomic E-state index is 10.8. The number of rotatable bonds is 10. The molecule has 96 valence electrons. The second kappa shape index (κ2) is 10.8. The van der Waals surface area contributed by atoms with E-state index in [0.29, 0.717) is 26.1 Å². The van der Waals surface area contributed by atoms with E-state index in [9.17, 15) is 4.79 Å². The van der Waals surface area contributed by atoms with Crippen LogP contribution in [0, 0.1) is 0 Å². The van der Waals surface area contributed by atoms with Crippen molar-refractivity contribution < 1.29 is 9.53 Å². The Balaban J connectivity index is 3.42. The molecule has 0 atom stereocenters. The maximum atomic E-state index is 10.8. The molecule has 0 saturated carbocycles. The van der Waals surface area contributed by atoms with Gasteiger partial charge in [-0.05, 0) is 0 Å². The molecule has 0 aromatic carbocycles. The fourth-order valence-corrected chi connectivity index (χ4v) is 1.36. The fraction of sp³-hybridized carbons (Fsp3) is 0.900. The number of esters is 1. The van der Waals surface area contributed by atoms with Gasteiger partial charge in [0.25, 0.3) is 0 Å². The molecule has 0 spiro atoms. The largest absolute Gasteiger partial charge is 0.469 e. The van der Waals surface area contributed by atoms with Crippen molar-refractivity contribution in [2.45, 2.75) is 6.42 Å². The Morgan fingerprint density at radius 1 is 1.19 bits per heavy atom. The van der Waals surface area contributed by atoms with Crippen molar-refractivity contribution in [3.8, 4) is 0 Å². The lowest BCUT2D eigenvalue weighted by atomic mass is 10.4. The van der Waals surface area contributed by atoms with Gasteiger partial charge in [0.15, 0.2) is 0 Å². The molecule has 0 saturated heterocycles. The number of carbonyl (C=O) groups is 1. The molecule has 0 unspecified atom stereocenters. The summed E-state index contributed by atoms with van der Waals surface area (Å²) in [7, 11) is 1.40. The van der Waals surface area contributed by atoms with E-state index >= 15 is 0 Å². The molecular weight excluding hydrogens is 208 g/mol. The first kappa shape index (κ1) is 15.3. The Bertz CT molecular complexity index is 172. The van der Waals surface area contributed by atoms with E-state index in [2.05, 4.69) is 15.0 Å². The molecule has 0 radical (unpaired) electrons. The summed E-state index contributed by atoms with van der Waals surface area (Å²) < 4.78 is 4.53. The third kappa shape index (κ3) is 8.60. The smallest absolute Gasteiger partial charge is 0.306 e. The van der Waals surface area contributed by atoms with Crippen molar-refractivity contribution in [2.75, 3.05) is 52.9 Å². The predicted octanol–water partition coefficient (Wildman–Crippen LogP) is -1.64. The second-order valence-corrected chi connectivity index (χ2v) is 3.50. The number of nitrogens with zero attached hydrogens (tertiary/aromatic N) is 1. The van der Waals surface area contributed by atoms with E-state index in [4.69, 9.17) is 11.5 Å². The van der Waals surface area contributed by atoms with E-state index in [1.54, 1.807) is 0 Å². The maximum Gasteiger partial charge on any atom is 0.306 e. The third-order valence-electron chi connectivity index (χ3n) is 2.23. The zero-order chi connectivity index (χ0) is 12.2. The Morgan fingerprint density at radius 3 is 2.31 bits per heavy atom. The van der Waals surface area contributed by atoms with Crippen molar-refractivity contribution in [1.82, 2.24) is 10.2 Å². The first-order valence-electron chi connectivity index (χ1n) is 5.64. The van der Waals surface area contributed by atoms with Gasteiger partial charge < -0.3 is 21.5 Å². The minimum absolute atomic E-state index is 0.187. The van der Waals surface area contributed by atoms with Gasteiger partial charge in [-0.2, -0.15) is 0 Å². The van der Waals surface area contributed by atoms with Crippen LogP contribution in [-0.2, 0) is 9.53 Å². The molecule has 0 aliphatic heterocycles. The normalized spacial score (nSPS) is 10.8. The average Bonchev–Trinajstić information content (AvgIpc) is 2.28. The van der Waals surface area contributed by atoms with Crippen LogP contribution in [0.1, 0.15) is 6.42 Å². The molecule has 0 fully saturated rings. The van der Waals surface area contributed by atoms with Crippen LogP contribution in [0.4, 0.5) is 0 Å². The lowest BCUT2D eigenvalue weighted by Gasteiger charge is -2.20. The van der Waals surface area contributed by atoms with Crippen LogP contribution >= 0.6 is 0 Å². The monoisotopic (exact) mass is 232 g/mol. The Hall–Kier alpha value is -0.690. The van der Waals surface area contributed by atoms with Crippen LogP contribution in [0.2, 0.25) is 0 Å². The van der Waals surface area contributed by atoms with Gasteiger partial charge in [-0.1, -0.05) is 0 Å². The molecule has 0 bridgehead atoms. The predicted molar refractivity (Wildman–Crippen MR) is 64.1 cm³/mol. The second-order valence-electron chi connectivity index (χ2n) is 3.50. The van der Waals surface area contributed by atoms with Crippen LogP contribution in [0.3, 0.4) is 0 Å². The molecule has 0 aromatic heterocycles. The number of methoxy groups -OCH3 is 1. The van der Waals surface area contributed by atoms with E-state index < -0.39 is 0 Å². The highest BCUT2D eigenvalue weighted by Crippen LogP contribution is 1.85. The van der Waals surface area contributed by atoms with Gasteiger partial charge >= 0.3 is 5.97 Å². The van der Waals surface area contributed by atoms with E-state index in [1.165, 1.54) is 7.11 Å². The number of hydrogen-bond donors (Lipinski definition) is 3. The molecule has 0 amide bonds. The quantitative estimate of drug-likeness (QED) is 0.309. The average molecular weight is 232 g/mol. The van der Waals surface area contributed by atoms with Crippen LogP contribution in [0.15, 0.2) is 0 Å². The summed E-state index contributed by atoms with van der Waals surface area (Å²) in [5.74, 6) is -0.187. The minimum atomic E-state index is -0.187. The molecular formula is C10H24N4O2. The van der Waals surface area contributed by atoms with E-state index in [1.807, 2.05) is 0 Å². The lowest BCUT2D eigenvalue weighted by Crippen LogP contribution is -2.38. The molecule has 0 aromatic rings. The lowest BCUT2D eigenvalue weighted by molar-refractivity contribution is -0.140. The van der Waals surface area contributed by atoms with Gasteiger partial charge in [0.2, 0.25) is 0 Å². The van der Waals surface area contributed by atoms with Crippen LogP contribution < -0.4 is 16.8 Å². The van der Waals surface area contributed by atoms with Crippen LogP contribution in [0.5, 0.6) is 0 Å². The van der Waals surface area contributed by atoms with Crippen molar-refractivity contribution in [3.63, 3.8) is 0 Å². The van der Waals surface area contributed by atoms with Crippen LogP contribution in [-0.4, -0.2) is 63.8 Å². The van der Waals surface area contributed by atoms with E-state index in [0.717, 1.165) is 26.2 Å². The number of ether oxygens (including phenoxy) is 1. The minimum Gasteiger partial charge on any atom is -0.469 e. The summed E-state index contributed by atoms with van der Waals surface area (Å²) in [6.45, 7) is 5.37. The van der Waals surface area contributed by atoms with Crippen LogP contribution in [0.25, 0.3) is 0 Å². The van der Waals surface area contributed by atoms with Crippen molar-refractivity contribution in [3.05, 3.63) is 0 Å².